The molecule has 0 unspecified atom stereocenters. The van der Waals surface area contributed by atoms with Crippen LogP contribution < -0.4 is 9.47 Å². The van der Waals surface area contributed by atoms with Crippen molar-refractivity contribution < 1.29 is 14.3 Å². The highest BCUT2D eigenvalue weighted by atomic mass is 16.5. The predicted octanol–water partition coefficient (Wildman–Crippen LogP) is 8.87. The second-order valence-electron chi connectivity index (χ2n) is 9.20. The molecule has 0 spiro atoms. The number of benzene rings is 3. The summed E-state index contributed by atoms with van der Waals surface area (Å²) in [6.45, 7) is 4.99. The summed E-state index contributed by atoms with van der Waals surface area (Å²) in [5.74, 6) is 0.893. The van der Waals surface area contributed by atoms with Gasteiger partial charge in [0.15, 0.2) is 0 Å². The van der Waals surface area contributed by atoms with Crippen molar-refractivity contribution in [2.45, 2.75) is 71.6 Å². The van der Waals surface area contributed by atoms with E-state index in [1.54, 1.807) is 30.5 Å². The van der Waals surface area contributed by atoms with E-state index < -0.39 is 0 Å². The normalized spacial score (nSPS) is 11.1. The van der Waals surface area contributed by atoms with E-state index in [0.29, 0.717) is 17.9 Å². The number of para-hydroxylation sites is 1. The SMILES string of the molecule is CCCCCCCCCCCOc1ccc(C(=O)Oc2ccc(C=Nc3ccccc3C)cc2)cc1. The Labute approximate surface area is 216 Å². The molecule has 0 aliphatic rings. The van der Waals surface area contributed by atoms with Crippen LogP contribution in [-0.4, -0.2) is 18.8 Å². The molecule has 0 heterocycles. The quantitative estimate of drug-likeness (QED) is 0.0934. The zero-order valence-electron chi connectivity index (χ0n) is 21.7. The van der Waals surface area contributed by atoms with Crippen LogP contribution in [0.2, 0.25) is 0 Å². The Balaban J connectivity index is 1.36. The lowest BCUT2D eigenvalue weighted by molar-refractivity contribution is 0.0734. The first kappa shape index (κ1) is 27.2. The fourth-order valence-corrected chi connectivity index (χ4v) is 3.93. The highest BCUT2D eigenvalue weighted by Gasteiger charge is 2.09. The Morgan fingerprint density at radius 1 is 0.750 bits per heavy atom. The van der Waals surface area contributed by atoms with Crippen molar-refractivity contribution >= 4 is 17.9 Å². The molecule has 3 aromatic carbocycles. The Bertz CT molecular complexity index is 1070. The van der Waals surface area contributed by atoms with Crippen LogP contribution >= 0.6 is 0 Å². The molecule has 0 aliphatic carbocycles. The van der Waals surface area contributed by atoms with E-state index in [1.165, 1.54) is 51.4 Å². The fourth-order valence-electron chi connectivity index (χ4n) is 3.93. The third kappa shape index (κ3) is 9.69. The summed E-state index contributed by atoms with van der Waals surface area (Å²) in [7, 11) is 0. The lowest BCUT2D eigenvalue weighted by atomic mass is 10.1. The van der Waals surface area contributed by atoms with Gasteiger partial charge in [-0.1, -0.05) is 76.5 Å². The first-order valence-electron chi connectivity index (χ1n) is 13.3. The van der Waals surface area contributed by atoms with Crippen LogP contribution in [-0.2, 0) is 0 Å². The smallest absolute Gasteiger partial charge is 0.343 e. The second-order valence-corrected chi connectivity index (χ2v) is 9.20. The molecular weight excluding hydrogens is 446 g/mol. The van der Waals surface area contributed by atoms with Gasteiger partial charge < -0.3 is 9.47 Å². The van der Waals surface area contributed by atoms with E-state index in [2.05, 4.69) is 11.9 Å². The molecule has 0 N–H and O–H groups in total. The Morgan fingerprint density at radius 3 is 2.03 bits per heavy atom. The summed E-state index contributed by atoms with van der Waals surface area (Å²) >= 11 is 0. The lowest BCUT2D eigenvalue weighted by Gasteiger charge is -2.08. The fraction of sp³-hybridized carbons (Fsp3) is 0.375. The van der Waals surface area contributed by atoms with E-state index in [9.17, 15) is 4.79 Å². The summed E-state index contributed by atoms with van der Waals surface area (Å²) < 4.78 is 11.3. The van der Waals surface area contributed by atoms with Crippen molar-refractivity contribution in [2.75, 3.05) is 6.61 Å². The number of hydrogen-bond donors (Lipinski definition) is 0. The number of rotatable bonds is 15. The molecule has 190 valence electrons. The first-order valence-corrected chi connectivity index (χ1v) is 13.3. The van der Waals surface area contributed by atoms with Crippen molar-refractivity contribution in [3.63, 3.8) is 0 Å². The highest BCUT2D eigenvalue weighted by Crippen LogP contribution is 2.19. The van der Waals surface area contributed by atoms with Crippen molar-refractivity contribution in [2.24, 2.45) is 4.99 Å². The summed E-state index contributed by atoms with van der Waals surface area (Å²) in [6.07, 6.45) is 13.4. The van der Waals surface area contributed by atoms with Gasteiger partial charge in [-0.3, -0.25) is 4.99 Å². The van der Waals surface area contributed by atoms with Crippen LogP contribution in [0, 0.1) is 6.92 Å². The molecule has 0 atom stereocenters. The molecule has 36 heavy (non-hydrogen) atoms. The molecule has 0 bridgehead atoms. The van der Waals surface area contributed by atoms with Gasteiger partial charge in [0.2, 0.25) is 0 Å². The highest BCUT2D eigenvalue weighted by molar-refractivity contribution is 5.91. The molecule has 4 heteroatoms. The maximum absolute atomic E-state index is 12.5. The Kier molecular flexibility index (Phi) is 11.8. The minimum absolute atomic E-state index is 0.387. The molecule has 0 saturated heterocycles. The molecule has 3 rings (SSSR count). The predicted molar refractivity (Wildman–Crippen MR) is 149 cm³/mol. The maximum atomic E-state index is 12.5. The van der Waals surface area contributed by atoms with E-state index in [-0.39, 0.29) is 5.97 Å². The minimum Gasteiger partial charge on any atom is -0.494 e. The lowest BCUT2D eigenvalue weighted by Crippen LogP contribution is -2.08. The third-order valence-electron chi connectivity index (χ3n) is 6.17. The van der Waals surface area contributed by atoms with Gasteiger partial charge in [-0.2, -0.15) is 0 Å². The molecule has 0 fully saturated rings. The Hall–Kier alpha value is -3.40. The number of esters is 1. The number of nitrogens with zero attached hydrogens (tertiary/aromatic N) is 1. The van der Waals surface area contributed by atoms with Crippen LogP contribution in [0.1, 0.15) is 86.2 Å². The van der Waals surface area contributed by atoms with Crippen molar-refractivity contribution in [3.05, 3.63) is 89.5 Å². The first-order chi connectivity index (χ1) is 17.7. The monoisotopic (exact) mass is 485 g/mol. The van der Waals surface area contributed by atoms with E-state index in [0.717, 1.165) is 29.0 Å². The van der Waals surface area contributed by atoms with Gasteiger partial charge >= 0.3 is 5.97 Å². The van der Waals surface area contributed by atoms with Gasteiger partial charge in [0.1, 0.15) is 11.5 Å². The number of carbonyl (C=O) groups excluding carboxylic acids is 1. The number of unbranched alkanes of at least 4 members (excludes halogenated alkanes) is 8. The molecule has 0 aliphatic heterocycles. The summed E-state index contributed by atoms with van der Waals surface area (Å²) in [5.41, 5.74) is 3.50. The van der Waals surface area contributed by atoms with E-state index in [4.69, 9.17) is 9.47 Å². The van der Waals surface area contributed by atoms with Crippen LogP contribution in [0.15, 0.2) is 77.8 Å². The van der Waals surface area contributed by atoms with Gasteiger partial charge in [-0.05, 0) is 79.1 Å². The number of carbonyl (C=O) groups is 1. The minimum atomic E-state index is -0.387. The zero-order valence-corrected chi connectivity index (χ0v) is 21.7. The van der Waals surface area contributed by atoms with Crippen molar-refractivity contribution in [1.29, 1.82) is 0 Å². The molecule has 4 nitrogen and oxygen atoms in total. The molecular formula is C32H39NO3. The van der Waals surface area contributed by atoms with Crippen LogP contribution in [0.5, 0.6) is 11.5 Å². The van der Waals surface area contributed by atoms with E-state index >= 15 is 0 Å². The van der Waals surface area contributed by atoms with Crippen molar-refractivity contribution in [1.82, 2.24) is 0 Å². The largest absolute Gasteiger partial charge is 0.494 e. The number of aryl methyl sites for hydroxylation is 1. The van der Waals surface area contributed by atoms with Gasteiger partial charge in [-0.15, -0.1) is 0 Å². The van der Waals surface area contributed by atoms with Gasteiger partial charge in [0.25, 0.3) is 0 Å². The van der Waals surface area contributed by atoms with Crippen molar-refractivity contribution in [3.8, 4) is 11.5 Å². The van der Waals surface area contributed by atoms with Crippen LogP contribution in [0.4, 0.5) is 5.69 Å². The standard InChI is InChI=1S/C32H39NO3/c1-3-4-5-6-7-8-9-10-13-24-35-29-22-18-28(19-23-29)32(34)36-30-20-16-27(17-21-30)25-33-31-15-12-11-14-26(31)2/h11-12,14-23,25H,3-10,13,24H2,1-2H3. The molecule has 0 radical (unpaired) electrons. The average Bonchev–Trinajstić information content (AvgIpc) is 2.90. The van der Waals surface area contributed by atoms with Crippen LogP contribution in [0.3, 0.4) is 0 Å². The number of ether oxygens (including phenoxy) is 2. The van der Waals surface area contributed by atoms with E-state index in [1.807, 2.05) is 55.5 Å². The maximum Gasteiger partial charge on any atom is 0.343 e. The van der Waals surface area contributed by atoms with Gasteiger partial charge in [-0.25, -0.2) is 4.79 Å². The van der Waals surface area contributed by atoms with Gasteiger partial charge in [0.05, 0.1) is 17.9 Å². The number of aliphatic imine (C=N–C) groups is 1. The topological polar surface area (TPSA) is 47.9 Å². The number of hydrogen-bond acceptors (Lipinski definition) is 4. The van der Waals surface area contributed by atoms with Crippen LogP contribution in [0.25, 0.3) is 0 Å². The summed E-state index contributed by atoms with van der Waals surface area (Å²) in [4.78, 5) is 17.0. The summed E-state index contributed by atoms with van der Waals surface area (Å²) in [5, 5.41) is 0. The molecule has 0 aromatic heterocycles. The summed E-state index contributed by atoms with van der Waals surface area (Å²) in [6, 6.07) is 22.5. The average molecular weight is 486 g/mol. The Morgan fingerprint density at radius 2 is 1.36 bits per heavy atom. The second kappa shape index (κ2) is 15.6. The third-order valence-corrected chi connectivity index (χ3v) is 6.17. The molecule has 3 aromatic rings. The molecule has 0 amide bonds. The zero-order chi connectivity index (χ0) is 25.4. The molecule has 0 saturated carbocycles. The van der Waals surface area contributed by atoms with Gasteiger partial charge in [0, 0.05) is 6.21 Å².